The topological polar surface area (TPSA) is 109 Å². The molecule has 1 aromatic heterocycles. The van der Waals surface area contributed by atoms with Crippen LogP contribution in [0.15, 0.2) is 56.0 Å². The van der Waals surface area contributed by atoms with Crippen molar-refractivity contribution in [2.24, 2.45) is 0 Å². The molecule has 7 nitrogen and oxygen atoms in total. The van der Waals surface area contributed by atoms with Crippen LogP contribution in [0, 0.1) is 12.7 Å². The van der Waals surface area contributed by atoms with Gasteiger partial charge < -0.3 is 5.11 Å². The molecule has 0 unspecified atom stereocenters. The fraction of sp³-hybridized carbons (Fsp3) is 0.0625. The summed E-state index contributed by atoms with van der Waals surface area (Å²) < 4.78 is 42.4. The quantitative estimate of drug-likeness (QED) is 0.620. The zero-order valence-corrected chi connectivity index (χ0v) is 16.2. The minimum Gasteiger partial charge on any atom is -0.478 e. The summed E-state index contributed by atoms with van der Waals surface area (Å²) in [6, 6.07) is 8.57. The number of aryl methyl sites for hydroxylation is 1. The smallest absolute Gasteiger partial charge is 0.338 e. The molecule has 2 N–H and O–H groups in total. The Morgan fingerprint density at radius 1 is 1.26 bits per heavy atom. The number of carboxylic acid groups (broad SMARTS) is 1. The molecule has 0 aliphatic carbocycles. The third kappa shape index (κ3) is 4.43. The van der Waals surface area contributed by atoms with Gasteiger partial charge in [-0.15, -0.1) is 10.2 Å². The predicted molar refractivity (Wildman–Crippen MR) is 99.4 cm³/mol. The Hall–Kier alpha value is -2.50. The number of aromatic nitrogens is 2. The lowest BCUT2D eigenvalue weighted by Gasteiger charge is -2.11. The highest BCUT2D eigenvalue weighted by molar-refractivity contribution is 8.01. The summed E-state index contributed by atoms with van der Waals surface area (Å²) >= 11 is 2.74. The number of hydrogen-bond acceptors (Lipinski definition) is 7. The maximum Gasteiger partial charge on any atom is 0.338 e. The van der Waals surface area contributed by atoms with Gasteiger partial charge in [-0.1, -0.05) is 23.1 Å². The van der Waals surface area contributed by atoms with Crippen molar-refractivity contribution < 1.29 is 22.7 Å². The first-order chi connectivity index (χ1) is 12.8. The van der Waals surface area contributed by atoms with E-state index in [1.54, 1.807) is 17.6 Å². The molecule has 0 saturated carbocycles. The van der Waals surface area contributed by atoms with E-state index in [1.807, 2.05) is 0 Å². The average molecular weight is 425 g/mol. The molecule has 140 valence electrons. The summed E-state index contributed by atoms with van der Waals surface area (Å²) in [5.74, 6) is -2.84. The Morgan fingerprint density at radius 3 is 2.56 bits per heavy atom. The van der Waals surface area contributed by atoms with Gasteiger partial charge in [0.2, 0.25) is 0 Å². The van der Waals surface area contributed by atoms with Gasteiger partial charge in [0.1, 0.15) is 10.4 Å². The molecule has 11 heteroatoms. The van der Waals surface area contributed by atoms with Crippen LogP contribution in [0.2, 0.25) is 0 Å². The molecule has 0 atom stereocenters. The molecule has 0 amide bonds. The molecule has 1 heterocycles. The lowest BCUT2D eigenvalue weighted by molar-refractivity contribution is 0.0691. The molecular weight excluding hydrogens is 413 g/mol. The molecule has 3 aromatic rings. The average Bonchev–Trinajstić information content (AvgIpc) is 3.11. The van der Waals surface area contributed by atoms with Crippen LogP contribution in [0.1, 0.15) is 15.9 Å². The van der Waals surface area contributed by atoms with Gasteiger partial charge in [-0.05, 0) is 48.9 Å². The van der Waals surface area contributed by atoms with E-state index in [-0.39, 0.29) is 5.69 Å². The zero-order valence-electron chi connectivity index (χ0n) is 13.7. The highest BCUT2D eigenvalue weighted by atomic mass is 32.2. The van der Waals surface area contributed by atoms with Crippen molar-refractivity contribution in [3.05, 3.63) is 58.9 Å². The van der Waals surface area contributed by atoms with E-state index < -0.39 is 32.3 Å². The predicted octanol–water partition coefficient (Wildman–Crippen LogP) is 3.64. The molecule has 0 bridgehead atoms. The number of hydrogen-bond donors (Lipinski definition) is 2. The second kappa shape index (κ2) is 7.62. The van der Waals surface area contributed by atoms with E-state index >= 15 is 0 Å². The summed E-state index contributed by atoms with van der Waals surface area (Å²) in [4.78, 5) is 11.2. The summed E-state index contributed by atoms with van der Waals surface area (Å²) in [6.07, 6.45) is 0. The summed E-state index contributed by atoms with van der Waals surface area (Å²) in [5, 5.41) is 16.7. The molecule has 27 heavy (non-hydrogen) atoms. The van der Waals surface area contributed by atoms with Crippen molar-refractivity contribution in [1.82, 2.24) is 10.2 Å². The van der Waals surface area contributed by atoms with Gasteiger partial charge in [-0.2, -0.15) is 0 Å². The minimum atomic E-state index is -4.30. The van der Waals surface area contributed by atoms with E-state index in [2.05, 4.69) is 14.9 Å². The van der Waals surface area contributed by atoms with Gasteiger partial charge in [0.25, 0.3) is 10.0 Å². The molecule has 2 aromatic carbocycles. The van der Waals surface area contributed by atoms with Gasteiger partial charge >= 0.3 is 5.97 Å². The summed E-state index contributed by atoms with van der Waals surface area (Å²) in [7, 11) is -4.30. The largest absolute Gasteiger partial charge is 0.478 e. The van der Waals surface area contributed by atoms with Crippen molar-refractivity contribution in [2.45, 2.75) is 21.1 Å². The van der Waals surface area contributed by atoms with E-state index in [0.29, 0.717) is 5.56 Å². The highest BCUT2D eigenvalue weighted by Crippen LogP contribution is 2.30. The van der Waals surface area contributed by atoms with Gasteiger partial charge in [-0.25, -0.2) is 17.6 Å². The Balaban J connectivity index is 1.85. The molecular formula is C16H12FN3O4S3. The van der Waals surface area contributed by atoms with Crippen LogP contribution in [-0.4, -0.2) is 29.7 Å². The Labute approximate surface area is 162 Å². The van der Waals surface area contributed by atoms with Crippen molar-refractivity contribution in [1.29, 1.82) is 0 Å². The molecule has 0 saturated heterocycles. The van der Waals surface area contributed by atoms with E-state index in [1.165, 1.54) is 42.2 Å². The summed E-state index contributed by atoms with van der Waals surface area (Å²) in [6.45, 7) is 1.49. The van der Waals surface area contributed by atoms with Crippen molar-refractivity contribution >= 4 is 44.8 Å². The number of halogens is 1. The summed E-state index contributed by atoms with van der Waals surface area (Å²) in [5.41, 5.74) is 1.44. The van der Waals surface area contributed by atoms with E-state index in [0.717, 1.165) is 21.4 Å². The molecule has 0 aliphatic heterocycles. The Kier molecular flexibility index (Phi) is 5.44. The third-order valence-corrected chi connectivity index (χ3v) is 6.52. The monoisotopic (exact) mass is 425 g/mol. The molecule has 3 rings (SSSR count). The number of carboxylic acids is 1. The van der Waals surface area contributed by atoms with Crippen LogP contribution in [-0.2, 0) is 10.0 Å². The molecule has 0 radical (unpaired) electrons. The van der Waals surface area contributed by atoms with Gasteiger partial charge in [-0.3, -0.25) is 4.72 Å². The number of sulfonamides is 1. The van der Waals surface area contributed by atoms with E-state index in [9.17, 15) is 17.6 Å². The maximum atomic E-state index is 14.4. The first kappa shape index (κ1) is 19.3. The van der Waals surface area contributed by atoms with Crippen LogP contribution in [0.5, 0.6) is 0 Å². The highest BCUT2D eigenvalue weighted by Gasteiger charge is 2.25. The number of anilines is 1. The van der Waals surface area contributed by atoms with Crippen molar-refractivity contribution in [3.63, 3.8) is 0 Å². The fourth-order valence-corrected chi connectivity index (χ4v) is 4.89. The number of nitrogens with one attached hydrogen (secondary N) is 1. The van der Waals surface area contributed by atoms with Crippen LogP contribution in [0.25, 0.3) is 0 Å². The lowest BCUT2D eigenvalue weighted by atomic mass is 10.1. The third-order valence-electron chi connectivity index (χ3n) is 3.36. The second-order valence-electron chi connectivity index (χ2n) is 5.37. The zero-order chi connectivity index (χ0) is 19.6. The van der Waals surface area contributed by atoms with Crippen LogP contribution in [0.3, 0.4) is 0 Å². The number of nitrogens with zero attached hydrogens (tertiary/aromatic N) is 2. The lowest BCUT2D eigenvalue weighted by Crippen LogP contribution is -2.17. The van der Waals surface area contributed by atoms with Crippen LogP contribution < -0.4 is 4.72 Å². The number of aromatic carboxylic acids is 1. The second-order valence-corrected chi connectivity index (χ2v) is 9.17. The first-order valence-electron chi connectivity index (χ1n) is 7.36. The molecule has 0 fully saturated rings. The van der Waals surface area contributed by atoms with E-state index in [4.69, 9.17) is 5.11 Å². The SMILES string of the molecule is Cc1cc(C(=O)O)c(F)c(S(=O)(=O)Nc2ccc(Sc3nncs3)cc2)c1. The molecule has 0 aliphatic rings. The van der Waals surface area contributed by atoms with Crippen molar-refractivity contribution in [3.8, 4) is 0 Å². The van der Waals surface area contributed by atoms with Gasteiger partial charge in [0.15, 0.2) is 10.2 Å². The molecule has 0 spiro atoms. The van der Waals surface area contributed by atoms with Crippen molar-refractivity contribution in [2.75, 3.05) is 4.72 Å². The maximum absolute atomic E-state index is 14.4. The standard InChI is InChI=1S/C16H12FN3O4S3/c1-9-6-12(15(21)22)14(17)13(7-9)27(23,24)20-10-2-4-11(5-3-10)26-16-19-18-8-25-16/h2-8,20H,1H3,(H,21,22). The van der Waals surface area contributed by atoms with Crippen LogP contribution >= 0.6 is 23.1 Å². The number of rotatable bonds is 6. The van der Waals surface area contributed by atoms with Gasteiger partial charge in [0, 0.05) is 10.6 Å². The Bertz CT molecular complexity index is 1080. The van der Waals surface area contributed by atoms with Gasteiger partial charge in [0.05, 0.1) is 5.56 Å². The van der Waals surface area contributed by atoms with Crippen LogP contribution in [0.4, 0.5) is 10.1 Å². The minimum absolute atomic E-state index is 0.217. The Morgan fingerprint density at radius 2 is 1.96 bits per heavy atom. The fourth-order valence-electron chi connectivity index (χ4n) is 2.20. The normalized spacial score (nSPS) is 11.3. The number of carbonyl (C=O) groups is 1. The first-order valence-corrected chi connectivity index (χ1v) is 10.5. The number of benzene rings is 2.